The lowest BCUT2D eigenvalue weighted by molar-refractivity contribution is 0.0939. The molecule has 0 saturated heterocycles. The molecule has 0 fully saturated rings. The number of rotatable bonds is 6. The van der Waals surface area contributed by atoms with Crippen molar-refractivity contribution < 1.29 is 9.53 Å². The molecule has 0 aliphatic heterocycles. The van der Waals surface area contributed by atoms with Crippen LogP contribution in [-0.2, 0) is 0 Å². The van der Waals surface area contributed by atoms with Crippen molar-refractivity contribution in [3.63, 3.8) is 0 Å². The maximum Gasteiger partial charge on any atom is 0.251 e. The van der Waals surface area contributed by atoms with Crippen LogP contribution in [0.1, 0.15) is 30.6 Å². The molecular formula is C21H21N3O2. The van der Waals surface area contributed by atoms with Crippen molar-refractivity contribution in [1.29, 1.82) is 0 Å². The van der Waals surface area contributed by atoms with E-state index in [-0.39, 0.29) is 11.9 Å². The highest BCUT2D eigenvalue weighted by molar-refractivity contribution is 5.95. The van der Waals surface area contributed by atoms with Crippen LogP contribution in [0, 0.1) is 0 Å². The first-order valence-corrected chi connectivity index (χ1v) is 8.62. The van der Waals surface area contributed by atoms with E-state index in [1.807, 2.05) is 62.4 Å². The first-order chi connectivity index (χ1) is 12.7. The Hall–Kier alpha value is -3.21. The average molecular weight is 347 g/mol. The van der Waals surface area contributed by atoms with Crippen LogP contribution in [0.25, 0.3) is 11.3 Å². The summed E-state index contributed by atoms with van der Waals surface area (Å²) in [6.07, 6.45) is 2.34. The largest absolute Gasteiger partial charge is 0.439 e. The molecule has 132 valence electrons. The Morgan fingerprint density at radius 3 is 2.65 bits per heavy atom. The Morgan fingerprint density at radius 1 is 1.08 bits per heavy atom. The van der Waals surface area contributed by atoms with Gasteiger partial charge in [-0.2, -0.15) is 0 Å². The molecule has 0 aliphatic carbocycles. The lowest BCUT2D eigenvalue weighted by atomic mass is 10.1. The molecule has 5 heteroatoms. The second-order valence-corrected chi connectivity index (χ2v) is 6.02. The Morgan fingerprint density at radius 2 is 1.88 bits per heavy atom. The van der Waals surface area contributed by atoms with Crippen LogP contribution in [-0.4, -0.2) is 21.9 Å². The first-order valence-electron chi connectivity index (χ1n) is 8.62. The fourth-order valence-corrected chi connectivity index (χ4v) is 2.39. The molecule has 0 unspecified atom stereocenters. The van der Waals surface area contributed by atoms with Crippen LogP contribution in [0.15, 0.2) is 67.0 Å². The van der Waals surface area contributed by atoms with Gasteiger partial charge in [-0.3, -0.25) is 4.79 Å². The van der Waals surface area contributed by atoms with Gasteiger partial charge in [-0.1, -0.05) is 37.3 Å². The van der Waals surface area contributed by atoms with Gasteiger partial charge < -0.3 is 10.1 Å². The molecule has 1 heterocycles. The molecule has 1 atom stereocenters. The fraction of sp³-hybridized carbons (Fsp3) is 0.190. The predicted octanol–water partition coefficient (Wildman–Crippen LogP) is 4.46. The van der Waals surface area contributed by atoms with Crippen molar-refractivity contribution in [1.82, 2.24) is 15.3 Å². The van der Waals surface area contributed by atoms with Gasteiger partial charge in [-0.15, -0.1) is 0 Å². The summed E-state index contributed by atoms with van der Waals surface area (Å²) in [6, 6.07) is 18.7. The van der Waals surface area contributed by atoms with E-state index in [2.05, 4.69) is 15.3 Å². The van der Waals surface area contributed by atoms with E-state index in [1.165, 1.54) is 6.33 Å². The van der Waals surface area contributed by atoms with Gasteiger partial charge in [0.05, 0.1) is 5.69 Å². The minimum atomic E-state index is -0.0870. The summed E-state index contributed by atoms with van der Waals surface area (Å²) in [6.45, 7) is 4.02. The highest BCUT2D eigenvalue weighted by Crippen LogP contribution is 2.24. The Labute approximate surface area is 153 Å². The van der Waals surface area contributed by atoms with Crippen molar-refractivity contribution in [3.05, 3.63) is 72.6 Å². The number of amides is 1. The second-order valence-electron chi connectivity index (χ2n) is 6.02. The Bertz CT molecular complexity index is 881. The standard InChI is InChI=1S/C21H21N3O2/c1-3-15(2)24-21(25)17-9-7-8-16(12-17)19-13-20(23-14-22-19)26-18-10-5-4-6-11-18/h4-15H,3H2,1-2H3,(H,24,25)/t15-/m0/s1. The van der Waals surface area contributed by atoms with E-state index in [9.17, 15) is 4.79 Å². The number of nitrogens with zero attached hydrogens (tertiary/aromatic N) is 2. The molecule has 0 spiro atoms. The van der Waals surface area contributed by atoms with E-state index in [0.717, 1.165) is 12.0 Å². The van der Waals surface area contributed by atoms with Crippen molar-refractivity contribution in [2.24, 2.45) is 0 Å². The molecule has 0 aliphatic rings. The number of aromatic nitrogens is 2. The summed E-state index contributed by atoms with van der Waals surface area (Å²) >= 11 is 0. The molecule has 26 heavy (non-hydrogen) atoms. The highest BCUT2D eigenvalue weighted by Gasteiger charge is 2.11. The van der Waals surface area contributed by atoms with E-state index >= 15 is 0 Å². The van der Waals surface area contributed by atoms with E-state index in [1.54, 1.807) is 12.1 Å². The third-order valence-corrected chi connectivity index (χ3v) is 4.02. The van der Waals surface area contributed by atoms with Crippen LogP contribution in [0.4, 0.5) is 0 Å². The van der Waals surface area contributed by atoms with Crippen molar-refractivity contribution in [2.45, 2.75) is 26.3 Å². The number of hydrogen-bond donors (Lipinski definition) is 1. The summed E-state index contributed by atoms with van der Waals surface area (Å²) < 4.78 is 5.75. The lowest BCUT2D eigenvalue weighted by Crippen LogP contribution is -2.31. The molecule has 3 rings (SSSR count). The van der Waals surface area contributed by atoms with Gasteiger partial charge in [0.15, 0.2) is 0 Å². The first kappa shape index (κ1) is 17.6. The number of benzene rings is 2. The zero-order valence-corrected chi connectivity index (χ0v) is 14.8. The number of carbonyl (C=O) groups excluding carboxylic acids is 1. The lowest BCUT2D eigenvalue weighted by Gasteiger charge is -2.12. The second kappa shape index (κ2) is 8.25. The third kappa shape index (κ3) is 4.45. The van der Waals surface area contributed by atoms with E-state index in [0.29, 0.717) is 22.9 Å². The minimum absolute atomic E-state index is 0.0870. The molecule has 1 N–H and O–H groups in total. The maximum absolute atomic E-state index is 12.3. The smallest absolute Gasteiger partial charge is 0.251 e. The molecule has 1 amide bonds. The van der Waals surface area contributed by atoms with Crippen molar-refractivity contribution in [2.75, 3.05) is 0 Å². The molecule has 1 aromatic heterocycles. The highest BCUT2D eigenvalue weighted by atomic mass is 16.5. The van der Waals surface area contributed by atoms with E-state index < -0.39 is 0 Å². The summed E-state index contributed by atoms with van der Waals surface area (Å²) in [5.41, 5.74) is 2.14. The van der Waals surface area contributed by atoms with Crippen molar-refractivity contribution in [3.8, 4) is 22.9 Å². The SMILES string of the molecule is CC[C@H](C)NC(=O)c1cccc(-c2cc(Oc3ccccc3)ncn2)c1. The number of para-hydroxylation sites is 1. The van der Waals surface area contributed by atoms with Gasteiger partial charge >= 0.3 is 0 Å². The van der Waals surface area contributed by atoms with Gasteiger partial charge in [0.25, 0.3) is 5.91 Å². The number of nitrogens with one attached hydrogen (secondary N) is 1. The normalized spacial score (nSPS) is 11.6. The summed E-state index contributed by atoms with van der Waals surface area (Å²) in [5, 5.41) is 2.97. The molecule has 2 aromatic carbocycles. The summed E-state index contributed by atoms with van der Waals surface area (Å²) in [5.74, 6) is 1.07. The number of carbonyl (C=O) groups is 1. The van der Waals surface area contributed by atoms with Gasteiger partial charge in [0.2, 0.25) is 5.88 Å². The van der Waals surface area contributed by atoms with Crippen LogP contribution in [0.5, 0.6) is 11.6 Å². The maximum atomic E-state index is 12.3. The topological polar surface area (TPSA) is 64.1 Å². The minimum Gasteiger partial charge on any atom is -0.439 e. The zero-order valence-electron chi connectivity index (χ0n) is 14.8. The summed E-state index contributed by atoms with van der Waals surface area (Å²) in [4.78, 5) is 20.8. The van der Waals surface area contributed by atoms with Crippen LogP contribution in [0.3, 0.4) is 0 Å². The van der Waals surface area contributed by atoms with E-state index in [4.69, 9.17) is 4.74 Å². The number of hydrogen-bond acceptors (Lipinski definition) is 4. The predicted molar refractivity (Wildman–Crippen MR) is 101 cm³/mol. The van der Waals surface area contributed by atoms with Gasteiger partial charge in [-0.25, -0.2) is 9.97 Å². The summed E-state index contributed by atoms with van der Waals surface area (Å²) in [7, 11) is 0. The Kier molecular flexibility index (Phi) is 5.59. The van der Waals surface area contributed by atoms with Gasteiger partial charge in [0.1, 0.15) is 12.1 Å². The zero-order chi connectivity index (χ0) is 18.4. The van der Waals surface area contributed by atoms with Crippen molar-refractivity contribution >= 4 is 5.91 Å². The average Bonchev–Trinajstić information content (AvgIpc) is 2.69. The van der Waals surface area contributed by atoms with Crippen LogP contribution >= 0.6 is 0 Å². The monoisotopic (exact) mass is 347 g/mol. The van der Waals surface area contributed by atoms with Crippen LogP contribution < -0.4 is 10.1 Å². The van der Waals surface area contributed by atoms with Crippen LogP contribution in [0.2, 0.25) is 0 Å². The molecule has 5 nitrogen and oxygen atoms in total. The molecular weight excluding hydrogens is 326 g/mol. The van der Waals surface area contributed by atoms with Gasteiger partial charge in [-0.05, 0) is 37.6 Å². The van der Waals surface area contributed by atoms with Gasteiger partial charge in [0, 0.05) is 23.2 Å². The Balaban J connectivity index is 1.82. The number of ether oxygens (including phenoxy) is 1. The fourth-order valence-electron chi connectivity index (χ4n) is 2.39. The molecule has 3 aromatic rings. The molecule has 0 bridgehead atoms. The third-order valence-electron chi connectivity index (χ3n) is 4.02. The molecule has 0 saturated carbocycles. The molecule has 0 radical (unpaired) electrons. The quantitative estimate of drug-likeness (QED) is 0.715.